The van der Waals surface area contributed by atoms with Gasteiger partial charge >= 0.3 is 0 Å². The maximum Gasteiger partial charge on any atom is 0.197 e. The van der Waals surface area contributed by atoms with Crippen LogP contribution in [0.3, 0.4) is 0 Å². The number of aromatic nitrogens is 2. The van der Waals surface area contributed by atoms with Crippen molar-refractivity contribution in [2.24, 2.45) is 0 Å². The minimum Gasteiger partial charge on any atom is -0.288 e. The van der Waals surface area contributed by atoms with Gasteiger partial charge in [0.25, 0.3) is 0 Å². The molecule has 0 aliphatic heterocycles. The highest BCUT2D eigenvalue weighted by atomic mass is 79.9. The van der Waals surface area contributed by atoms with Crippen LogP contribution in [0.5, 0.6) is 0 Å². The van der Waals surface area contributed by atoms with E-state index in [9.17, 15) is 4.79 Å². The molecule has 0 radical (unpaired) electrons. The van der Waals surface area contributed by atoms with E-state index in [1.54, 1.807) is 35.3 Å². The number of halogens is 2. The molecule has 0 aliphatic rings. The zero-order chi connectivity index (χ0) is 12.4. The average molecular weight is 314 g/mol. The molecule has 0 spiro atoms. The standard InChI is InChI=1S/C12H10BrClN2O/c1-2-16-7-8(6-15-16)12(17)9-4-3-5-10(13)11(9)14/h3-7H,2H2,1H3. The van der Waals surface area contributed by atoms with Crippen LogP contribution in [-0.4, -0.2) is 15.6 Å². The molecule has 2 rings (SSSR count). The summed E-state index contributed by atoms with van der Waals surface area (Å²) in [7, 11) is 0. The molecule has 1 heterocycles. The minimum absolute atomic E-state index is 0.115. The van der Waals surface area contributed by atoms with Crippen LogP contribution < -0.4 is 0 Å². The summed E-state index contributed by atoms with van der Waals surface area (Å²) in [6, 6.07) is 5.29. The number of benzene rings is 1. The van der Waals surface area contributed by atoms with Crippen LogP contribution in [0.4, 0.5) is 0 Å². The number of aryl methyl sites for hydroxylation is 1. The third-order valence-corrected chi connectivity index (χ3v) is 3.71. The molecule has 0 saturated heterocycles. The van der Waals surface area contributed by atoms with Gasteiger partial charge in [-0.25, -0.2) is 0 Å². The largest absolute Gasteiger partial charge is 0.288 e. The Morgan fingerprint density at radius 1 is 1.53 bits per heavy atom. The van der Waals surface area contributed by atoms with Crippen LogP contribution in [0.25, 0.3) is 0 Å². The molecule has 5 heteroatoms. The molecule has 3 nitrogen and oxygen atoms in total. The van der Waals surface area contributed by atoms with Gasteiger partial charge in [0.05, 0.1) is 16.8 Å². The third kappa shape index (κ3) is 2.42. The summed E-state index contributed by atoms with van der Waals surface area (Å²) in [6.07, 6.45) is 3.28. The molecule has 0 fully saturated rings. The smallest absolute Gasteiger partial charge is 0.197 e. The van der Waals surface area contributed by atoms with Crippen molar-refractivity contribution in [2.75, 3.05) is 0 Å². The van der Waals surface area contributed by atoms with Crippen molar-refractivity contribution >= 4 is 33.3 Å². The molecule has 0 N–H and O–H groups in total. The molecule has 0 atom stereocenters. The highest BCUT2D eigenvalue weighted by molar-refractivity contribution is 9.10. The van der Waals surface area contributed by atoms with E-state index >= 15 is 0 Å². The lowest BCUT2D eigenvalue weighted by molar-refractivity contribution is 0.103. The summed E-state index contributed by atoms with van der Waals surface area (Å²) < 4.78 is 2.42. The third-order valence-electron chi connectivity index (χ3n) is 2.42. The van der Waals surface area contributed by atoms with E-state index in [4.69, 9.17) is 11.6 Å². The number of rotatable bonds is 3. The van der Waals surface area contributed by atoms with E-state index in [0.29, 0.717) is 20.6 Å². The normalized spacial score (nSPS) is 10.5. The molecular formula is C12H10BrClN2O. The number of hydrogen-bond donors (Lipinski definition) is 0. The van der Waals surface area contributed by atoms with Gasteiger partial charge in [0, 0.05) is 22.8 Å². The first-order valence-corrected chi connectivity index (χ1v) is 6.31. The molecule has 0 bridgehead atoms. The second-order valence-electron chi connectivity index (χ2n) is 3.52. The van der Waals surface area contributed by atoms with Crippen molar-refractivity contribution in [3.8, 4) is 0 Å². The van der Waals surface area contributed by atoms with Gasteiger partial charge in [-0.2, -0.15) is 5.10 Å². The van der Waals surface area contributed by atoms with Crippen LogP contribution in [0.15, 0.2) is 35.1 Å². The molecule has 0 aliphatic carbocycles. The van der Waals surface area contributed by atoms with Crippen LogP contribution in [0.2, 0.25) is 5.02 Å². The van der Waals surface area contributed by atoms with Gasteiger partial charge in [-0.15, -0.1) is 0 Å². The molecule has 1 aromatic carbocycles. The summed E-state index contributed by atoms with van der Waals surface area (Å²) >= 11 is 9.38. The molecule has 1 aromatic heterocycles. The lowest BCUT2D eigenvalue weighted by Crippen LogP contribution is -2.01. The van der Waals surface area contributed by atoms with Crippen LogP contribution in [-0.2, 0) is 6.54 Å². The van der Waals surface area contributed by atoms with Crippen molar-refractivity contribution in [1.82, 2.24) is 9.78 Å². The van der Waals surface area contributed by atoms with E-state index in [-0.39, 0.29) is 5.78 Å². The van der Waals surface area contributed by atoms with Crippen LogP contribution in [0.1, 0.15) is 22.8 Å². The SMILES string of the molecule is CCn1cc(C(=O)c2cccc(Br)c2Cl)cn1. The van der Waals surface area contributed by atoms with Crippen molar-refractivity contribution < 1.29 is 4.79 Å². The Bertz CT molecular complexity index is 565. The van der Waals surface area contributed by atoms with Crippen LogP contribution in [0, 0.1) is 0 Å². The quantitative estimate of drug-likeness (QED) is 0.812. The molecule has 17 heavy (non-hydrogen) atoms. The van der Waals surface area contributed by atoms with E-state index in [2.05, 4.69) is 21.0 Å². The second-order valence-corrected chi connectivity index (χ2v) is 4.75. The summed E-state index contributed by atoms with van der Waals surface area (Å²) in [5, 5.41) is 4.51. The first kappa shape index (κ1) is 12.3. The number of nitrogens with zero attached hydrogens (tertiary/aromatic N) is 2. The van der Waals surface area contributed by atoms with Gasteiger partial charge in [-0.3, -0.25) is 9.48 Å². The lowest BCUT2D eigenvalue weighted by atomic mass is 10.1. The maximum atomic E-state index is 12.2. The topological polar surface area (TPSA) is 34.9 Å². The highest BCUT2D eigenvalue weighted by Gasteiger charge is 2.15. The Morgan fingerprint density at radius 2 is 2.29 bits per heavy atom. The monoisotopic (exact) mass is 312 g/mol. The van der Waals surface area contributed by atoms with Gasteiger partial charge in [0.2, 0.25) is 0 Å². The zero-order valence-electron chi connectivity index (χ0n) is 9.15. The lowest BCUT2D eigenvalue weighted by Gasteiger charge is -2.02. The van der Waals surface area contributed by atoms with Crippen molar-refractivity contribution in [1.29, 1.82) is 0 Å². The Balaban J connectivity index is 2.40. The Hall–Kier alpha value is -1.13. The summed E-state index contributed by atoms with van der Waals surface area (Å²) in [6.45, 7) is 2.70. The fourth-order valence-electron chi connectivity index (χ4n) is 1.49. The van der Waals surface area contributed by atoms with Gasteiger partial charge in [0.15, 0.2) is 5.78 Å². The van der Waals surface area contributed by atoms with Crippen LogP contribution >= 0.6 is 27.5 Å². The Labute approximate surface area is 113 Å². The average Bonchev–Trinajstić information content (AvgIpc) is 2.80. The summed E-state index contributed by atoms with van der Waals surface area (Å²) in [5.41, 5.74) is 1.03. The second kappa shape index (κ2) is 5.02. The maximum absolute atomic E-state index is 12.2. The van der Waals surface area contributed by atoms with Gasteiger partial charge in [0.1, 0.15) is 0 Å². The molecule has 0 unspecified atom stereocenters. The number of carbonyl (C=O) groups is 1. The molecule has 0 amide bonds. The van der Waals surface area contributed by atoms with Crippen molar-refractivity contribution in [3.63, 3.8) is 0 Å². The Morgan fingerprint density at radius 3 is 2.94 bits per heavy atom. The minimum atomic E-state index is -0.115. The van der Waals surface area contributed by atoms with Gasteiger partial charge < -0.3 is 0 Å². The van der Waals surface area contributed by atoms with E-state index < -0.39 is 0 Å². The predicted octanol–water partition coefficient (Wildman–Crippen LogP) is 3.55. The van der Waals surface area contributed by atoms with E-state index in [0.717, 1.165) is 6.54 Å². The Kier molecular flexibility index (Phi) is 3.64. The fourth-order valence-corrected chi connectivity index (χ4v) is 2.07. The molecule has 88 valence electrons. The van der Waals surface area contributed by atoms with Crippen molar-refractivity contribution in [3.05, 3.63) is 51.2 Å². The van der Waals surface area contributed by atoms with Gasteiger partial charge in [-0.1, -0.05) is 17.7 Å². The fraction of sp³-hybridized carbons (Fsp3) is 0.167. The first-order valence-electron chi connectivity index (χ1n) is 5.14. The molecule has 0 saturated carbocycles. The van der Waals surface area contributed by atoms with Gasteiger partial charge in [-0.05, 0) is 35.0 Å². The van der Waals surface area contributed by atoms with E-state index in [1.165, 1.54) is 0 Å². The van der Waals surface area contributed by atoms with E-state index in [1.807, 2.05) is 6.92 Å². The summed E-state index contributed by atoms with van der Waals surface area (Å²) in [5.74, 6) is -0.115. The zero-order valence-corrected chi connectivity index (χ0v) is 11.5. The number of carbonyl (C=O) groups excluding carboxylic acids is 1. The summed E-state index contributed by atoms with van der Waals surface area (Å²) in [4.78, 5) is 12.2. The predicted molar refractivity (Wildman–Crippen MR) is 70.5 cm³/mol. The first-order chi connectivity index (χ1) is 8.13. The van der Waals surface area contributed by atoms with Crippen molar-refractivity contribution in [2.45, 2.75) is 13.5 Å². The molecule has 2 aromatic rings. The number of ketones is 1. The highest BCUT2D eigenvalue weighted by Crippen LogP contribution is 2.27. The number of hydrogen-bond acceptors (Lipinski definition) is 2. The molecular weight excluding hydrogens is 304 g/mol.